The molecule has 0 aromatic carbocycles. The van der Waals surface area contributed by atoms with Gasteiger partial charge in [0.1, 0.15) is 0 Å². The maximum atomic E-state index is 12.3. The number of nitrogens with one attached hydrogen (secondary N) is 1. The van der Waals surface area contributed by atoms with Crippen LogP contribution in [0.15, 0.2) is 36.0 Å². The van der Waals surface area contributed by atoms with Crippen LogP contribution in [0, 0.1) is 0 Å². The van der Waals surface area contributed by atoms with Crippen molar-refractivity contribution in [2.24, 2.45) is 0 Å². The summed E-state index contributed by atoms with van der Waals surface area (Å²) < 4.78 is 1.95. The summed E-state index contributed by atoms with van der Waals surface area (Å²) in [7, 11) is 0. The normalized spacial score (nSPS) is 20.1. The van der Waals surface area contributed by atoms with Crippen LogP contribution in [0.25, 0.3) is 0 Å². The van der Waals surface area contributed by atoms with Gasteiger partial charge in [0.25, 0.3) is 0 Å². The first kappa shape index (κ1) is 15.2. The quantitative estimate of drug-likeness (QED) is 0.889. The topological polar surface area (TPSA) is 50.2 Å². The lowest BCUT2D eigenvalue weighted by molar-refractivity contribution is -0.123. The predicted octanol–water partition coefficient (Wildman–Crippen LogP) is 2.29. The lowest BCUT2D eigenvalue weighted by Gasteiger charge is -2.24. The van der Waals surface area contributed by atoms with Crippen molar-refractivity contribution in [2.75, 3.05) is 13.1 Å². The number of amides is 1. The molecule has 0 aliphatic carbocycles. The standard InChI is InChI=1S/C16H22N4OS/c1-13(15-6-3-10-22-15)18-16(21)12-19-8-2-5-14(19)11-20-9-4-7-17-20/h3-4,6-7,9-10,13-14H,2,5,8,11-12H2,1H3,(H,18,21)/t13-,14+/m0/s1. The number of hydrogen-bond acceptors (Lipinski definition) is 4. The van der Waals surface area contributed by atoms with Crippen LogP contribution in [-0.4, -0.2) is 39.7 Å². The summed E-state index contributed by atoms with van der Waals surface area (Å²) in [6.07, 6.45) is 6.07. The molecule has 0 bridgehead atoms. The average molecular weight is 318 g/mol. The van der Waals surface area contributed by atoms with E-state index in [2.05, 4.69) is 21.4 Å². The van der Waals surface area contributed by atoms with Crippen molar-refractivity contribution >= 4 is 17.2 Å². The molecule has 1 fully saturated rings. The molecule has 6 heteroatoms. The second-order valence-corrected chi connectivity index (χ2v) is 6.78. The van der Waals surface area contributed by atoms with E-state index in [-0.39, 0.29) is 11.9 Å². The fourth-order valence-electron chi connectivity index (χ4n) is 3.01. The molecule has 1 aliphatic heterocycles. The Morgan fingerprint density at radius 2 is 2.45 bits per heavy atom. The van der Waals surface area contributed by atoms with Crippen LogP contribution >= 0.6 is 11.3 Å². The van der Waals surface area contributed by atoms with E-state index in [1.807, 2.05) is 35.3 Å². The van der Waals surface area contributed by atoms with Gasteiger partial charge in [-0.1, -0.05) is 6.07 Å². The first-order chi connectivity index (χ1) is 10.7. The molecule has 5 nitrogen and oxygen atoms in total. The average Bonchev–Trinajstić information content (AvgIpc) is 3.22. The van der Waals surface area contributed by atoms with Gasteiger partial charge in [-0.25, -0.2) is 0 Å². The molecule has 1 N–H and O–H groups in total. The molecular weight excluding hydrogens is 296 g/mol. The summed E-state index contributed by atoms with van der Waals surface area (Å²) >= 11 is 1.68. The van der Waals surface area contributed by atoms with Crippen molar-refractivity contribution in [3.8, 4) is 0 Å². The summed E-state index contributed by atoms with van der Waals surface area (Å²) in [6.45, 7) is 4.37. The van der Waals surface area contributed by atoms with Crippen molar-refractivity contribution in [1.29, 1.82) is 0 Å². The third kappa shape index (κ3) is 3.75. The number of carbonyl (C=O) groups excluding carboxylic acids is 1. The van der Waals surface area contributed by atoms with Crippen molar-refractivity contribution in [3.63, 3.8) is 0 Å². The van der Waals surface area contributed by atoms with E-state index >= 15 is 0 Å². The molecule has 3 rings (SSSR count). The lowest BCUT2D eigenvalue weighted by Crippen LogP contribution is -2.41. The zero-order valence-electron chi connectivity index (χ0n) is 12.8. The van der Waals surface area contributed by atoms with Gasteiger partial charge in [-0.2, -0.15) is 5.10 Å². The van der Waals surface area contributed by atoms with Crippen LogP contribution in [-0.2, 0) is 11.3 Å². The summed E-state index contributed by atoms with van der Waals surface area (Å²) in [5.41, 5.74) is 0. The summed E-state index contributed by atoms with van der Waals surface area (Å²) in [5.74, 6) is 0.105. The number of carbonyl (C=O) groups is 1. The first-order valence-corrected chi connectivity index (χ1v) is 8.64. The molecule has 0 unspecified atom stereocenters. The molecule has 2 atom stereocenters. The molecule has 0 saturated carbocycles. The van der Waals surface area contributed by atoms with Crippen molar-refractivity contribution in [3.05, 3.63) is 40.8 Å². The second kappa shape index (κ2) is 7.07. The molecule has 22 heavy (non-hydrogen) atoms. The molecule has 3 heterocycles. The Bertz CT molecular complexity index is 581. The van der Waals surface area contributed by atoms with Gasteiger partial charge in [-0.05, 0) is 43.8 Å². The monoisotopic (exact) mass is 318 g/mol. The fraction of sp³-hybridized carbons (Fsp3) is 0.500. The minimum atomic E-state index is 0.0830. The van der Waals surface area contributed by atoms with E-state index in [1.54, 1.807) is 17.5 Å². The first-order valence-electron chi connectivity index (χ1n) is 7.76. The Kier molecular flexibility index (Phi) is 4.90. The maximum Gasteiger partial charge on any atom is 0.234 e. The van der Waals surface area contributed by atoms with Crippen LogP contribution in [0.1, 0.15) is 30.7 Å². The van der Waals surface area contributed by atoms with Gasteiger partial charge in [-0.3, -0.25) is 14.4 Å². The number of rotatable bonds is 6. The molecule has 0 radical (unpaired) electrons. The zero-order chi connectivity index (χ0) is 15.4. The fourth-order valence-corrected chi connectivity index (χ4v) is 3.75. The van der Waals surface area contributed by atoms with E-state index in [0.29, 0.717) is 12.6 Å². The van der Waals surface area contributed by atoms with Gasteiger partial charge in [0, 0.05) is 23.3 Å². The van der Waals surface area contributed by atoms with Gasteiger partial charge in [-0.15, -0.1) is 11.3 Å². The van der Waals surface area contributed by atoms with Crippen molar-refractivity contribution in [2.45, 2.75) is 38.4 Å². The maximum absolute atomic E-state index is 12.3. The van der Waals surface area contributed by atoms with Crippen LogP contribution < -0.4 is 5.32 Å². The molecule has 0 spiro atoms. The number of nitrogens with zero attached hydrogens (tertiary/aromatic N) is 3. The third-order valence-corrected chi connectivity index (χ3v) is 5.21. The number of thiophene rings is 1. The van der Waals surface area contributed by atoms with Crippen molar-refractivity contribution < 1.29 is 4.79 Å². The van der Waals surface area contributed by atoms with Gasteiger partial charge in [0.2, 0.25) is 5.91 Å². The van der Waals surface area contributed by atoms with E-state index in [1.165, 1.54) is 4.88 Å². The largest absolute Gasteiger partial charge is 0.348 e. The Morgan fingerprint density at radius 1 is 1.55 bits per heavy atom. The number of hydrogen-bond donors (Lipinski definition) is 1. The highest BCUT2D eigenvalue weighted by molar-refractivity contribution is 7.10. The highest BCUT2D eigenvalue weighted by atomic mass is 32.1. The minimum Gasteiger partial charge on any atom is -0.348 e. The highest BCUT2D eigenvalue weighted by Gasteiger charge is 2.27. The second-order valence-electron chi connectivity index (χ2n) is 5.80. The summed E-state index contributed by atoms with van der Waals surface area (Å²) in [6, 6.07) is 6.51. The zero-order valence-corrected chi connectivity index (χ0v) is 13.6. The number of aromatic nitrogens is 2. The van der Waals surface area contributed by atoms with Crippen LogP contribution in [0.3, 0.4) is 0 Å². The molecular formula is C16H22N4OS. The van der Waals surface area contributed by atoms with Crippen LogP contribution in [0.2, 0.25) is 0 Å². The third-order valence-electron chi connectivity index (χ3n) is 4.15. The summed E-state index contributed by atoms with van der Waals surface area (Å²) in [5, 5.41) is 9.40. The SMILES string of the molecule is C[C@H](NC(=O)CN1CCC[C@@H]1Cn1cccn1)c1cccs1. The number of likely N-dealkylation sites (tertiary alicyclic amines) is 1. The van der Waals surface area contributed by atoms with E-state index in [0.717, 1.165) is 25.9 Å². The highest BCUT2D eigenvalue weighted by Crippen LogP contribution is 2.20. The summed E-state index contributed by atoms with van der Waals surface area (Å²) in [4.78, 5) is 15.8. The lowest BCUT2D eigenvalue weighted by atomic mass is 10.2. The molecule has 1 aliphatic rings. The van der Waals surface area contributed by atoms with Gasteiger partial charge < -0.3 is 5.32 Å². The molecule has 2 aromatic heterocycles. The van der Waals surface area contributed by atoms with Crippen LogP contribution in [0.4, 0.5) is 0 Å². The smallest absolute Gasteiger partial charge is 0.234 e. The van der Waals surface area contributed by atoms with E-state index in [4.69, 9.17) is 0 Å². The Labute approximate surface area is 134 Å². The van der Waals surface area contributed by atoms with E-state index < -0.39 is 0 Å². The Hall–Kier alpha value is -1.66. The van der Waals surface area contributed by atoms with E-state index in [9.17, 15) is 4.79 Å². The molecule has 1 saturated heterocycles. The van der Waals surface area contributed by atoms with Crippen molar-refractivity contribution in [1.82, 2.24) is 20.0 Å². The van der Waals surface area contributed by atoms with Gasteiger partial charge in [0.15, 0.2) is 0 Å². The minimum absolute atomic E-state index is 0.0830. The van der Waals surface area contributed by atoms with Gasteiger partial charge >= 0.3 is 0 Å². The molecule has 1 amide bonds. The van der Waals surface area contributed by atoms with Gasteiger partial charge in [0.05, 0.1) is 19.1 Å². The predicted molar refractivity (Wildman–Crippen MR) is 87.7 cm³/mol. The Morgan fingerprint density at radius 3 is 3.18 bits per heavy atom. The molecule has 118 valence electrons. The molecule has 2 aromatic rings. The Balaban J connectivity index is 1.51. The van der Waals surface area contributed by atoms with Crippen LogP contribution in [0.5, 0.6) is 0 Å².